The minimum absolute atomic E-state index is 0.0339. The standard InChI is InChI=1S/C8H7O.C5H11O.Co.O/c1-7(9)8-5-3-2-4-6-8;1-3-4-5-6-2;;/h3-6H,1H3;1,3-5H2,2H3;;. The first-order valence-electron chi connectivity index (χ1n) is 5.51. The van der Waals surface area contributed by atoms with Crippen molar-refractivity contribution in [2.24, 2.45) is 0 Å². The van der Waals surface area contributed by atoms with Crippen LogP contribution in [0.3, 0.4) is 0 Å². The van der Waals surface area contributed by atoms with Crippen molar-refractivity contribution in [3.63, 3.8) is 0 Å². The monoisotopic (exact) mass is 281 g/mol. The van der Waals surface area contributed by atoms with Crippen LogP contribution in [0.15, 0.2) is 24.3 Å². The summed E-state index contributed by atoms with van der Waals surface area (Å²) in [6.45, 7) is 2.24. The zero-order chi connectivity index (χ0) is 12.7. The number of hydrogen-bond acceptors (Lipinski definition) is 3. The third kappa shape index (κ3) is 4.89. The number of unbranched alkanes of at least 4 members (excludes halogenated alkanes) is 1. The van der Waals surface area contributed by atoms with Crippen LogP contribution in [0.1, 0.15) is 30.1 Å². The van der Waals surface area contributed by atoms with Crippen molar-refractivity contribution >= 4 is 10.3 Å². The molecule has 0 spiro atoms. The number of hydrogen-bond donors (Lipinski definition) is 0. The van der Waals surface area contributed by atoms with Crippen molar-refractivity contribution < 1.29 is 27.0 Å². The molecule has 97 valence electrons. The first-order chi connectivity index (χ1) is 8.15. The van der Waals surface area contributed by atoms with E-state index in [1.54, 1.807) is 31.4 Å². The van der Waals surface area contributed by atoms with E-state index >= 15 is 0 Å². The molecule has 1 rings (SSSR count). The number of rotatable bonds is 7. The molecule has 0 saturated heterocycles. The second-order valence-corrected chi connectivity index (χ2v) is 5.69. The van der Waals surface area contributed by atoms with Gasteiger partial charge in [0.15, 0.2) is 0 Å². The first-order valence-corrected chi connectivity index (χ1v) is 7.19. The molecule has 1 aromatic rings. The summed E-state index contributed by atoms with van der Waals surface area (Å²) in [4.78, 5) is 11.1. The van der Waals surface area contributed by atoms with Crippen LogP contribution >= 0.6 is 0 Å². The van der Waals surface area contributed by atoms with Crippen LogP contribution in [-0.4, -0.2) is 19.5 Å². The SMILES string of the molecule is COCCC[CH2][Co](=[O])[c]1ccc(C(C)=O)cc1. The number of benzene rings is 1. The van der Waals surface area contributed by atoms with Gasteiger partial charge in [-0.2, -0.15) is 0 Å². The molecule has 0 heterocycles. The molecule has 0 N–H and O–H groups in total. The Morgan fingerprint density at radius 3 is 2.41 bits per heavy atom. The third-order valence-corrected chi connectivity index (χ3v) is 4.18. The van der Waals surface area contributed by atoms with Gasteiger partial charge in [0.1, 0.15) is 0 Å². The molecule has 0 bridgehead atoms. The summed E-state index contributed by atoms with van der Waals surface area (Å²) in [6.07, 6.45) is 1.83. The Hall–Kier alpha value is -0.844. The Bertz CT molecular complexity index is 384. The Balaban J connectivity index is 2.49. The molecule has 0 atom stereocenters. The Morgan fingerprint density at radius 2 is 1.88 bits per heavy atom. The fourth-order valence-electron chi connectivity index (χ4n) is 1.33. The van der Waals surface area contributed by atoms with Crippen LogP contribution in [0.4, 0.5) is 0 Å². The summed E-state index contributed by atoms with van der Waals surface area (Å²) in [5, 5.41) is 0.676. The van der Waals surface area contributed by atoms with E-state index in [1.807, 2.05) is 0 Å². The van der Waals surface area contributed by atoms with E-state index in [0.29, 0.717) is 17.5 Å². The minimum atomic E-state index is -1.32. The number of ether oxygens (including phenoxy) is 1. The predicted molar refractivity (Wildman–Crippen MR) is 62.7 cm³/mol. The van der Waals surface area contributed by atoms with Crippen molar-refractivity contribution in [3.05, 3.63) is 29.8 Å². The first kappa shape index (κ1) is 14.2. The van der Waals surface area contributed by atoms with Crippen LogP contribution in [0.5, 0.6) is 0 Å². The van der Waals surface area contributed by atoms with Crippen LogP contribution in [0.2, 0.25) is 5.36 Å². The average molecular weight is 281 g/mol. The van der Waals surface area contributed by atoms with Gasteiger partial charge in [-0.05, 0) is 0 Å². The van der Waals surface area contributed by atoms with E-state index in [4.69, 9.17) is 4.74 Å². The molecule has 0 fully saturated rings. The van der Waals surface area contributed by atoms with Crippen LogP contribution < -0.4 is 4.50 Å². The normalized spacial score (nSPS) is 11.3. The predicted octanol–water partition coefficient (Wildman–Crippen LogP) is 2.32. The number of ketones is 1. The Morgan fingerprint density at radius 1 is 1.24 bits per heavy atom. The maximum absolute atomic E-state index is 11.9. The molecule has 0 aliphatic rings. The van der Waals surface area contributed by atoms with Crippen molar-refractivity contribution in [1.29, 1.82) is 0 Å². The van der Waals surface area contributed by atoms with E-state index in [9.17, 15) is 8.66 Å². The van der Waals surface area contributed by atoms with E-state index in [0.717, 1.165) is 17.3 Å². The topological polar surface area (TPSA) is 43.4 Å². The Kier molecular flexibility index (Phi) is 6.25. The number of carbonyl (C=O) groups is 1. The van der Waals surface area contributed by atoms with Crippen LogP contribution in [0, 0.1) is 0 Å². The molecule has 1 aromatic carbocycles. The Labute approximate surface area is 106 Å². The fraction of sp³-hybridized carbons (Fsp3) is 0.462. The van der Waals surface area contributed by atoms with Crippen LogP contribution in [-0.2, 0) is 22.2 Å². The van der Waals surface area contributed by atoms with Gasteiger partial charge in [0, 0.05) is 0 Å². The average Bonchev–Trinajstić information content (AvgIpc) is 2.34. The van der Waals surface area contributed by atoms with Gasteiger partial charge < -0.3 is 0 Å². The molecule has 3 nitrogen and oxygen atoms in total. The maximum atomic E-state index is 11.9. The van der Waals surface area contributed by atoms with E-state index < -0.39 is 13.6 Å². The van der Waals surface area contributed by atoms with E-state index in [1.165, 1.54) is 6.92 Å². The van der Waals surface area contributed by atoms with Crippen molar-refractivity contribution in [2.45, 2.75) is 25.1 Å². The van der Waals surface area contributed by atoms with Crippen LogP contribution in [0.25, 0.3) is 0 Å². The molecule has 4 heteroatoms. The molecule has 0 aliphatic carbocycles. The molecule has 0 saturated carbocycles. The van der Waals surface area contributed by atoms with Crippen molar-refractivity contribution in [3.8, 4) is 0 Å². The van der Waals surface area contributed by atoms with Gasteiger partial charge in [0.2, 0.25) is 0 Å². The van der Waals surface area contributed by atoms with E-state index in [-0.39, 0.29) is 5.78 Å². The molecule has 0 aliphatic heterocycles. The van der Waals surface area contributed by atoms with Gasteiger partial charge in [-0.25, -0.2) is 0 Å². The summed E-state index contributed by atoms with van der Waals surface area (Å²) in [5.74, 6) is 0.0339. The molecule has 0 amide bonds. The van der Waals surface area contributed by atoms with Gasteiger partial charge in [-0.15, -0.1) is 0 Å². The number of Topliss-reactive ketones (excluding diaryl/α,β-unsaturated/α-hetero) is 1. The zero-order valence-corrected chi connectivity index (χ0v) is 11.2. The van der Waals surface area contributed by atoms with Crippen molar-refractivity contribution in [1.82, 2.24) is 0 Å². The number of methoxy groups -OCH3 is 1. The second-order valence-electron chi connectivity index (χ2n) is 3.69. The molecule has 0 aromatic heterocycles. The molecular formula is C13H18CoO3. The van der Waals surface area contributed by atoms with E-state index in [2.05, 4.69) is 0 Å². The summed E-state index contributed by atoms with van der Waals surface area (Å²) in [5.41, 5.74) is 0.663. The summed E-state index contributed by atoms with van der Waals surface area (Å²) < 4.78 is 17.7. The summed E-state index contributed by atoms with van der Waals surface area (Å²) in [6, 6.07) is 7.04. The molecular weight excluding hydrogens is 263 g/mol. The summed E-state index contributed by atoms with van der Waals surface area (Å²) in [7, 11) is 1.67. The number of carbonyl (C=O) groups excluding carboxylic acids is 1. The molecule has 17 heavy (non-hydrogen) atoms. The van der Waals surface area contributed by atoms with Gasteiger partial charge in [0.05, 0.1) is 0 Å². The molecule has 0 unspecified atom stereocenters. The zero-order valence-electron chi connectivity index (χ0n) is 10.2. The van der Waals surface area contributed by atoms with Gasteiger partial charge in [0.25, 0.3) is 0 Å². The van der Waals surface area contributed by atoms with Crippen molar-refractivity contribution in [2.75, 3.05) is 13.7 Å². The molecule has 0 radical (unpaired) electrons. The van der Waals surface area contributed by atoms with Gasteiger partial charge in [-0.3, -0.25) is 0 Å². The fourth-order valence-corrected chi connectivity index (χ4v) is 2.79. The van der Waals surface area contributed by atoms with Gasteiger partial charge in [-0.1, -0.05) is 0 Å². The second kappa shape index (κ2) is 7.48. The summed E-state index contributed by atoms with van der Waals surface area (Å²) >= 11 is -1.32. The quantitative estimate of drug-likeness (QED) is 0.569. The van der Waals surface area contributed by atoms with Gasteiger partial charge >= 0.3 is 106 Å². The third-order valence-electron chi connectivity index (χ3n) is 2.32.